The molecule has 1 aliphatic rings. The van der Waals surface area contributed by atoms with Gasteiger partial charge in [-0.25, -0.2) is 4.98 Å². The van der Waals surface area contributed by atoms with E-state index in [9.17, 15) is 0 Å². The second kappa shape index (κ2) is 8.97. The van der Waals surface area contributed by atoms with E-state index in [4.69, 9.17) is 4.98 Å². The molecule has 2 nitrogen and oxygen atoms in total. The van der Waals surface area contributed by atoms with Gasteiger partial charge >= 0.3 is 0 Å². The monoisotopic (exact) mass is 524 g/mol. The molecular weight excluding hydrogens is 496 g/mol. The van der Waals surface area contributed by atoms with E-state index in [1.807, 2.05) is 24.5 Å². The van der Waals surface area contributed by atoms with Crippen LogP contribution in [0, 0.1) is 0 Å². The molecule has 0 spiro atoms. The molecule has 2 heterocycles. The van der Waals surface area contributed by atoms with Crippen LogP contribution in [-0.4, -0.2) is 9.97 Å². The predicted molar refractivity (Wildman–Crippen MR) is 171 cm³/mol. The van der Waals surface area contributed by atoms with Gasteiger partial charge in [-0.05, 0) is 73.5 Å². The van der Waals surface area contributed by atoms with Gasteiger partial charge in [-0.15, -0.1) is 0 Å². The average molecular weight is 525 g/mol. The van der Waals surface area contributed by atoms with Crippen LogP contribution in [0.3, 0.4) is 0 Å². The van der Waals surface area contributed by atoms with Crippen LogP contribution in [0.5, 0.6) is 0 Å². The lowest BCUT2D eigenvalue weighted by Gasteiger charge is -2.25. The first-order valence-corrected chi connectivity index (χ1v) is 14.2. The molecule has 0 fully saturated rings. The lowest BCUT2D eigenvalue weighted by Crippen LogP contribution is -2.16. The molecule has 0 atom stereocenters. The number of pyridine rings is 2. The molecule has 194 valence electrons. The molecule has 2 aromatic heterocycles. The van der Waals surface area contributed by atoms with Crippen molar-refractivity contribution in [2.24, 2.45) is 0 Å². The highest BCUT2D eigenvalue weighted by Crippen LogP contribution is 2.53. The van der Waals surface area contributed by atoms with Gasteiger partial charge in [0.15, 0.2) is 0 Å². The second-order valence-electron chi connectivity index (χ2n) is 11.5. The van der Waals surface area contributed by atoms with Crippen molar-refractivity contribution in [1.82, 2.24) is 9.97 Å². The number of fused-ring (bicyclic) bond motifs is 6. The minimum atomic E-state index is -0.166. The Morgan fingerprint density at radius 1 is 0.537 bits per heavy atom. The van der Waals surface area contributed by atoms with Gasteiger partial charge in [0.1, 0.15) is 0 Å². The van der Waals surface area contributed by atoms with E-state index in [2.05, 4.69) is 128 Å². The van der Waals surface area contributed by atoms with Crippen LogP contribution in [0.2, 0.25) is 0 Å². The highest BCUT2D eigenvalue weighted by Gasteiger charge is 2.39. The first-order valence-electron chi connectivity index (χ1n) is 14.2. The Kier molecular flexibility index (Phi) is 5.20. The van der Waals surface area contributed by atoms with Crippen molar-refractivity contribution in [3.05, 3.63) is 145 Å². The molecule has 0 saturated heterocycles. The third-order valence-corrected chi connectivity index (χ3v) is 8.76. The molecular formula is C39H28N2. The fraction of sp³-hybridized carbons (Fsp3) is 0.0769. The minimum Gasteiger partial charge on any atom is -0.265 e. The van der Waals surface area contributed by atoms with E-state index >= 15 is 0 Å². The van der Waals surface area contributed by atoms with Crippen LogP contribution < -0.4 is 0 Å². The maximum Gasteiger partial charge on any atom is 0.0759 e. The SMILES string of the molecule is CC1(C)c2ccccc2-c2nc3ccc4ccccc4c3c(-c3ccc(-c4ccc(-c5ccncc5)cc4)cc3)c21. The zero-order valence-corrected chi connectivity index (χ0v) is 23.1. The van der Waals surface area contributed by atoms with Crippen molar-refractivity contribution in [3.63, 3.8) is 0 Å². The van der Waals surface area contributed by atoms with Gasteiger partial charge in [0, 0.05) is 28.8 Å². The first kappa shape index (κ1) is 23.8. The van der Waals surface area contributed by atoms with Crippen LogP contribution in [-0.2, 0) is 5.41 Å². The lowest BCUT2D eigenvalue weighted by molar-refractivity contribution is 0.662. The third-order valence-electron chi connectivity index (χ3n) is 8.76. The van der Waals surface area contributed by atoms with Gasteiger partial charge in [-0.3, -0.25) is 4.98 Å². The van der Waals surface area contributed by atoms with E-state index in [1.165, 1.54) is 66.2 Å². The molecule has 0 bridgehead atoms. The number of nitrogens with zero attached hydrogens (tertiary/aromatic N) is 2. The largest absolute Gasteiger partial charge is 0.265 e. The molecule has 2 heteroatoms. The Morgan fingerprint density at radius 3 is 1.83 bits per heavy atom. The number of hydrogen-bond acceptors (Lipinski definition) is 2. The molecule has 0 aliphatic heterocycles. The summed E-state index contributed by atoms with van der Waals surface area (Å²) < 4.78 is 0. The van der Waals surface area contributed by atoms with Gasteiger partial charge in [-0.2, -0.15) is 0 Å². The molecule has 0 unspecified atom stereocenters. The molecule has 1 aliphatic carbocycles. The fourth-order valence-electron chi connectivity index (χ4n) is 6.73. The molecule has 0 N–H and O–H groups in total. The van der Waals surface area contributed by atoms with Crippen molar-refractivity contribution >= 4 is 21.7 Å². The summed E-state index contributed by atoms with van der Waals surface area (Å²) in [5, 5.41) is 3.72. The summed E-state index contributed by atoms with van der Waals surface area (Å²) in [7, 11) is 0. The smallest absolute Gasteiger partial charge is 0.0759 e. The molecule has 41 heavy (non-hydrogen) atoms. The number of benzene rings is 5. The van der Waals surface area contributed by atoms with Crippen molar-refractivity contribution in [3.8, 4) is 44.6 Å². The van der Waals surface area contributed by atoms with E-state index < -0.39 is 0 Å². The van der Waals surface area contributed by atoms with Gasteiger partial charge in [-0.1, -0.05) is 117 Å². The summed E-state index contributed by atoms with van der Waals surface area (Å²) in [5.74, 6) is 0. The lowest BCUT2D eigenvalue weighted by atomic mass is 9.78. The Labute approximate surface area is 240 Å². The average Bonchev–Trinajstić information content (AvgIpc) is 3.26. The van der Waals surface area contributed by atoms with Crippen LogP contribution in [0.4, 0.5) is 0 Å². The van der Waals surface area contributed by atoms with Crippen LogP contribution >= 0.6 is 0 Å². The molecule has 5 aromatic carbocycles. The number of aromatic nitrogens is 2. The van der Waals surface area contributed by atoms with Crippen LogP contribution in [0.1, 0.15) is 25.0 Å². The van der Waals surface area contributed by atoms with Crippen molar-refractivity contribution in [2.45, 2.75) is 19.3 Å². The molecule has 8 rings (SSSR count). The molecule has 0 radical (unpaired) electrons. The van der Waals surface area contributed by atoms with Crippen molar-refractivity contribution in [1.29, 1.82) is 0 Å². The summed E-state index contributed by atoms with van der Waals surface area (Å²) in [4.78, 5) is 9.47. The Hall–Kier alpha value is -5.08. The van der Waals surface area contributed by atoms with Gasteiger partial charge in [0.05, 0.1) is 11.2 Å². The van der Waals surface area contributed by atoms with Gasteiger partial charge in [0.25, 0.3) is 0 Å². The normalized spacial score (nSPS) is 13.3. The van der Waals surface area contributed by atoms with E-state index in [-0.39, 0.29) is 5.41 Å². The maximum atomic E-state index is 5.32. The molecule has 7 aromatic rings. The van der Waals surface area contributed by atoms with E-state index in [0.717, 1.165) is 11.2 Å². The van der Waals surface area contributed by atoms with Crippen molar-refractivity contribution < 1.29 is 0 Å². The van der Waals surface area contributed by atoms with E-state index in [1.54, 1.807) is 0 Å². The quantitative estimate of drug-likeness (QED) is 0.215. The van der Waals surface area contributed by atoms with Crippen LogP contribution in [0.15, 0.2) is 134 Å². The topological polar surface area (TPSA) is 25.8 Å². The van der Waals surface area contributed by atoms with Gasteiger partial charge in [0.2, 0.25) is 0 Å². The summed E-state index contributed by atoms with van der Waals surface area (Å²) >= 11 is 0. The predicted octanol–water partition coefficient (Wildman–Crippen LogP) is 10.1. The Balaban J connectivity index is 1.33. The van der Waals surface area contributed by atoms with E-state index in [0.29, 0.717) is 0 Å². The number of rotatable bonds is 3. The standard InChI is InChI=1S/C39H28N2/c1-39(2)33-10-6-5-9-32(33)38-37(39)35(36-31-8-4-3-7-29(31)19-20-34(36)41-38)30-17-15-26(16-18-30)25-11-13-27(14-12-25)28-21-23-40-24-22-28/h3-24H,1-2H3. The third kappa shape index (κ3) is 3.64. The summed E-state index contributed by atoms with van der Waals surface area (Å²) in [6.45, 7) is 4.69. The first-order chi connectivity index (χ1) is 20.1. The molecule has 0 amide bonds. The highest BCUT2D eigenvalue weighted by molar-refractivity contribution is 6.15. The highest BCUT2D eigenvalue weighted by atomic mass is 14.7. The zero-order chi connectivity index (χ0) is 27.6. The summed E-state index contributed by atoms with van der Waals surface area (Å²) in [6, 6.07) is 43.8. The Bertz CT molecular complexity index is 2090. The summed E-state index contributed by atoms with van der Waals surface area (Å²) in [5.41, 5.74) is 13.2. The molecule has 0 saturated carbocycles. The summed E-state index contributed by atoms with van der Waals surface area (Å²) in [6.07, 6.45) is 3.68. The zero-order valence-electron chi connectivity index (χ0n) is 23.1. The number of hydrogen-bond donors (Lipinski definition) is 0. The van der Waals surface area contributed by atoms with Gasteiger partial charge < -0.3 is 0 Å². The second-order valence-corrected chi connectivity index (χ2v) is 11.5. The minimum absolute atomic E-state index is 0.166. The van der Waals surface area contributed by atoms with Crippen LogP contribution in [0.25, 0.3) is 66.3 Å². The maximum absolute atomic E-state index is 5.32. The van der Waals surface area contributed by atoms with Crippen molar-refractivity contribution in [2.75, 3.05) is 0 Å². The fourth-order valence-corrected chi connectivity index (χ4v) is 6.73. The Morgan fingerprint density at radius 2 is 1.12 bits per heavy atom.